The van der Waals surface area contributed by atoms with Crippen LogP contribution in [0, 0.1) is 6.92 Å². The molecule has 0 radical (unpaired) electrons. The number of benzene rings is 1. The molecule has 0 saturated carbocycles. The molecule has 3 N–H and O–H groups in total. The summed E-state index contributed by atoms with van der Waals surface area (Å²) in [5.74, 6) is 0.316. The van der Waals surface area contributed by atoms with Crippen molar-refractivity contribution in [2.75, 3.05) is 13.6 Å². The number of nitrogens with two attached hydrogens (primary N) is 1. The van der Waals surface area contributed by atoms with Gasteiger partial charge in [0, 0.05) is 13.0 Å². The van der Waals surface area contributed by atoms with Crippen molar-refractivity contribution in [1.82, 2.24) is 4.90 Å². The highest BCUT2D eigenvalue weighted by Crippen LogP contribution is 2.10. The van der Waals surface area contributed by atoms with Crippen molar-refractivity contribution in [2.45, 2.75) is 32.7 Å². The van der Waals surface area contributed by atoms with Crippen molar-refractivity contribution >= 4 is 5.84 Å². The van der Waals surface area contributed by atoms with Crippen LogP contribution in [0.3, 0.4) is 0 Å². The Morgan fingerprint density at radius 2 is 2.06 bits per heavy atom. The Kier molecular flexibility index (Phi) is 6.22. The Bertz CT molecular complexity index is 390. The molecule has 4 heteroatoms. The van der Waals surface area contributed by atoms with Crippen LogP contribution in [0.1, 0.15) is 30.4 Å². The molecule has 4 nitrogen and oxygen atoms in total. The molecule has 0 aliphatic rings. The van der Waals surface area contributed by atoms with E-state index in [1.165, 1.54) is 11.1 Å². The van der Waals surface area contributed by atoms with Gasteiger partial charge in [-0.05, 0) is 44.5 Å². The predicted octanol–water partition coefficient (Wildman–Crippen LogP) is 2.34. The second-order valence-corrected chi connectivity index (χ2v) is 4.71. The molecule has 0 atom stereocenters. The van der Waals surface area contributed by atoms with E-state index in [2.05, 4.69) is 48.3 Å². The average Bonchev–Trinajstić information content (AvgIpc) is 2.37. The highest BCUT2D eigenvalue weighted by atomic mass is 16.4. The molecule has 100 valence electrons. The molecule has 0 unspecified atom stereocenters. The lowest BCUT2D eigenvalue weighted by atomic mass is 10.1. The summed E-state index contributed by atoms with van der Waals surface area (Å²) in [5.41, 5.74) is 8.13. The van der Waals surface area contributed by atoms with Gasteiger partial charge in [-0.25, -0.2) is 0 Å². The van der Waals surface area contributed by atoms with Gasteiger partial charge in [0.1, 0.15) is 5.84 Å². The molecule has 0 fully saturated rings. The summed E-state index contributed by atoms with van der Waals surface area (Å²) in [7, 11) is 2.12. The van der Waals surface area contributed by atoms with E-state index in [9.17, 15) is 0 Å². The van der Waals surface area contributed by atoms with Crippen LogP contribution in [0.2, 0.25) is 0 Å². The zero-order chi connectivity index (χ0) is 13.4. The van der Waals surface area contributed by atoms with E-state index in [0.29, 0.717) is 12.3 Å². The Hall–Kier alpha value is -1.55. The maximum absolute atomic E-state index is 8.42. The van der Waals surface area contributed by atoms with Crippen molar-refractivity contribution in [1.29, 1.82) is 0 Å². The maximum Gasteiger partial charge on any atom is 0.139 e. The zero-order valence-electron chi connectivity index (χ0n) is 11.3. The number of aryl methyl sites for hydroxylation is 1. The fourth-order valence-electron chi connectivity index (χ4n) is 1.90. The third-order valence-corrected chi connectivity index (χ3v) is 3.05. The van der Waals surface area contributed by atoms with E-state index in [0.717, 1.165) is 25.9 Å². The summed E-state index contributed by atoms with van der Waals surface area (Å²) >= 11 is 0. The van der Waals surface area contributed by atoms with Gasteiger partial charge in [-0.15, -0.1) is 0 Å². The molecule has 0 amide bonds. The van der Waals surface area contributed by atoms with Gasteiger partial charge in [-0.3, -0.25) is 0 Å². The smallest absolute Gasteiger partial charge is 0.139 e. The topological polar surface area (TPSA) is 61.8 Å². The van der Waals surface area contributed by atoms with E-state index in [1.54, 1.807) is 0 Å². The third-order valence-electron chi connectivity index (χ3n) is 3.05. The van der Waals surface area contributed by atoms with Crippen molar-refractivity contribution in [2.24, 2.45) is 10.9 Å². The van der Waals surface area contributed by atoms with Gasteiger partial charge in [0.2, 0.25) is 0 Å². The SMILES string of the molecule is Cc1ccccc1CN(C)CCCCC(N)=NO. The lowest BCUT2D eigenvalue weighted by molar-refractivity contribution is 0.312. The minimum Gasteiger partial charge on any atom is -0.409 e. The minimum absolute atomic E-state index is 0.316. The fourth-order valence-corrected chi connectivity index (χ4v) is 1.90. The molecule has 1 aromatic carbocycles. The van der Waals surface area contributed by atoms with E-state index in [-0.39, 0.29) is 0 Å². The van der Waals surface area contributed by atoms with Gasteiger partial charge in [-0.1, -0.05) is 29.4 Å². The van der Waals surface area contributed by atoms with Gasteiger partial charge in [0.25, 0.3) is 0 Å². The summed E-state index contributed by atoms with van der Waals surface area (Å²) in [6.07, 6.45) is 2.67. The summed E-state index contributed by atoms with van der Waals surface area (Å²) in [6, 6.07) is 8.45. The number of unbranched alkanes of at least 4 members (excludes halogenated alkanes) is 1. The van der Waals surface area contributed by atoms with Crippen molar-refractivity contribution in [3.05, 3.63) is 35.4 Å². The van der Waals surface area contributed by atoms with Crippen molar-refractivity contribution < 1.29 is 5.21 Å². The van der Waals surface area contributed by atoms with Gasteiger partial charge < -0.3 is 15.8 Å². The number of rotatable bonds is 7. The first-order valence-electron chi connectivity index (χ1n) is 6.33. The van der Waals surface area contributed by atoms with Crippen LogP contribution in [0.5, 0.6) is 0 Å². The summed E-state index contributed by atoms with van der Waals surface area (Å²) in [6.45, 7) is 4.13. The van der Waals surface area contributed by atoms with Gasteiger partial charge in [-0.2, -0.15) is 0 Å². The van der Waals surface area contributed by atoms with Crippen LogP contribution in [0.4, 0.5) is 0 Å². The number of amidine groups is 1. The average molecular weight is 249 g/mol. The van der Waals surface area contributed by atoms with E-state index >= 15 is 0 Å². The quantitative estimate of drug-likeness (QED) is 0.256. The van der Waals surface area contributed by atoms with Crippen LogP contribution in [0.25, 0.3) is 0 Å². The highest BCUT2D eigenvalue weighted by molar-refractivity contribution is 5.79. The molecular formula is C14H23N3O. The zero-order valence-corrected chi connectivity index (χ0v) is 11.3. The number of oxime groups is 1. The Balaban J connectivity index is 2.26. The molecule has 0 aliphatic carbocycles. The second-order valence-electron chi connectivity index (χ2n) is 4.71. The first kappa shape index (κ1) is 14.5. The van der Waals surface area contributed by atoms with E-state index < -0.39 is 0 Å². The molecule has 0 aliphatic heterocycles. The Morgan fingerprint density at radius 3 is 2.72 bits per heavy atom. The second kappa shape index (κ2) is 7.71. The maximum atomic E-state index is 8.42. The van der Waals surface area contributed by atoms with E-state index in [1.807, 2.05) is 0 Å². The fraction of sp³-hybridized carbons (Fsp3) is 0.500. The first-order chi connectivity index (χ1) is 8.63. The minimum atomic E-state index is 0.316. The molecule has 0 spiro atoms. The van der Waals surface area contributed by atoms with Crippen LogP contribution in [0.15, 0.2) is 29.4 Å². The summed E-state index contributed by atoms with van der Waals surface area (Å²) in [5, 5.41) is 11.4. The molecule has 0 aromatic heterocycles. The molecule has 18 heavy (non-hydrogen) atoms. The van der Waals surface area contributed by atoms with Crippen LogP contribution in [-0.4, -0.2) is 29.5 Å². The lowest BCUT2D eigenvalue weighted by Gasteiger charge is -2.17. The van der Waals surface area contributed by atoms with Gasteiger partial charge >= 0.3 is 0 Å². The largest absolute Gasteiger partial charge is 0.409 e. The normalized spacial score (nSPS) is 12.1. The van der Waals surface area contributed by atoms with E-state index in [4.69, 9.17) is 10.9 Å². The van der Waals surface area contributed by atoms with Gasteiger partial charge in [0.15, 0.2) is 0 Å². The first-order valence-corrected chi connectivity index (χ1v) is 6.33. The highest BCUT2D eigenvalue weighted by Gasteiger charge is 2.02. The Morgan fingerprint density at radius 1 is 1.33 bits per heavy atom. The summed E-state index contributed by atoms with van der Waals surface area (Å²) in [4.78, 5) is 2.30. The molecule has 0 heterocycles. The van der Waals surface area contributed by atoms with Crippen molar-refractivity contribution in [3.8, 4) is 0 Å². The van der Waals surface area contributed by atoms with Crippen LogP contribution < -0.4 is 5.73 Å². The molecular weight excluding hydrogens is 226 g/mol. The monoisotopic (exact) mass is 249 g/mol. The summed E-state index contributed by atoms with van der Waals surface area (Å²) < 4.78 is 0. The Labute approximate surface area is 109 Å². The van der Waals surface area contributed by atoms with Crippen molar-refractivity contribution in [3.63, 3.8) is 0 Å². The molecule has 1 rings (SSSR count). The lowest BCUT2D eigenvalue weighted by Crippen LogP contribution is -2.20. The standard InChI is InChI=1S/C14H23N3O/c1-12-7-3-4-8-13(12)11-17(2)10-6-5-9-14(15)16-18/h3-4,7-8,18H,5-6,9-11H2,1-2H3,(H2,15,16). The number of nitrogens with zero attached hydrogens (tertiary/aromatic N) is 2. The van der Waals surface area contributed by atoms with Crippen LogP contribution >= 0.6 is 0 Å². The molecule has 0 bridgehead atoms. The molecule has 1 aromatic rings. The molecule has 0 saturated heterocycles. The number of hydrogen-bond acceptors (Lipinski definition) is 3. The third kappa shape index (κ3) is 5.19. The van der Waals surface area contributed by atoms with Crippen LogP contribution in [-0.2, 0) is 6.54 Å². The van der Waals surface area contributed by atoms with Gasteiger partial charge in [0.05, 0.1) is 0 Å². The number of hydrogen-bond donors (Lipinski definition) is 2. The predicted molar refractivity (Wildman–Crippen MR) is 74.8 cm³/mol.